The lowest BCUT2D eigenvalue weighted by Crippen LogP contribution is -2.49. The molecule has 0 aromatic heterocycles. The van der Waals surface area contributed by atoms with Gasteiger partial charge in [0.2, 0.25) is 10.0 Å². The number of sulfonamides is 1. The Morgan fingerprint density at radius 2 is 1.68 bits per heavy atom. The highest BCUT2D eigenvalue weighted by Crippen LogP contribution is 2.22. The number of benzene rings is 1. The molecule has 0 unspecified atom stereocenters. The number of nitrogens with one attached hydrogen (secondary N) is 1. The molecule has 1 fully saturated rings. The molecule has 0 saturated carbocycles. The number of hydrogen-bond acceptors (Lipinski definition) is 3. The number of carbonyl (C=O) groups is 1. The molecule has 5 nitrogen and oxygen atoms in total. The van der Waals surface area contributed by atoms with E-state index in [1.165, 1.54) is 12.1 Å². The predicted octanol–water partition coefficient (Wildman–Crippen LogP) is 1.52. The van der Waals surface area contributed by atoms with Crippen molar-refractivity contribution in [2.45, 2.75) is 30.0 Å². The summed E-state index contributed by atoms with van der Waals surface area (Å²) < 4.78 is 63.6. The van der Waals surface area contributed by atoms with Crippen molar-refractivity contribution in [3.8, 4) is 0 Å². The summed E-state index contributed by atoms with van der Waals surface area (Å²) in [5.74, 6) is -1.88. The van der Waals surface area contributed by atoms with Crippen LogP contribution in [0.2, 0.25) is 0 Å². The number of likely N-dealkylation sites (tertiary alicyclic amines) is 1. The van der Waals surface area contributed by atoms with Crippen molar-refractivity contribution in [1.29, 1.82) is 0 Å². The largest absolute Gasteiger partial charge is 0.471 e. The van der Waals surface area contributed by atoms with Crippen LogP contribution >= 0.6 is 0 Å². The van der Waals surface area contributed by atoms with Gasteiger partial charge in [0.1, 0.15) is 0 Å². The number of piperidine rings is 1. The van der Waals surface area contributed by atoms with Crippen molar-refractivity contribution in [3.63, 3.8) is 0 Å². The first-order valence-electron chi connectivity index (χ1n) is 6.63. The van der Waals surface area contributed by atoms with Gasteiger partial charge in [-0.1, -0.05) is 18.2 Å². The van der Waals surface area contributed by atoms with Gasteiger partial charge in [0.15, 0.2) is 0 Å². The molecule has 122 valence electrons. The summed E-state index contributed by atoms with van der Waals surface area (Å²) in [4.78, 5) is 11.9. The van der Waals surface area contributed by atoms with Crippen molar-refractivity contribution >= 4 is 15.9 Å². The molecule has 0 atom stereocenters. The summed E-state index contributed by atoms with van der Waals surface area (Å²) in [7, 11) is -3.70. The van der Waals surface area contributed by atoms with Crippen LogP contribution < -0.4 is 4.72 Å². The monoisotopic (exact) mass is 336 g/mol. The quantitative estimate of drug-likeness (QED) is 0.910. The van der Waals surface area contributed by atoms with Crippen LogP contribution in [0.25, 0.3) is 0 Å². The van der Waals surface area contributed by atoms with Crippen molar-refractivity contribution in [1.82, 2.24) is 9.62 Å². The molecule has 0 bridgehead atoms. The van der Waals surface area contributed by atoms with E-state index in [0.717, 1.165) is 0 Å². The molecule has 1 aromatic rings. The van der Waals surface area contributed by atoms with Gasteiger partial charge in [-0.2, -0.15) is 13.2 Å². The minimum atomic E-state index is -4.89. The molecule has 2 rings (SSSR count). The predicted molar refractivity (Wildman–Crippen MR) is 72.4 cm³/mol. The minimum Gasteiger partial charge on any atom is -0.335 e. The molecule has 9 heteroatoms. The van der Waals surface area contributed by atoms with E-state index < -0.39 is 28.1 Å². The number of carbonyl (C=O) groups excluding carboxylic acids is 1. The first-order valence-corrected chi connectivity index (χ1v) is 8.12. The summed E-state index contributed by atoms with van der Waals surface area (Å²) in [6.45, 7) is -0.249. The summed E-state index contributed by atoms with van der Waals surface area (Å²) in [6.07, 6.45) is -4.60. The number of halogens is 3. The van der Waals surface area contributed by atoms with Gasteiger partial charge in [0.05, 0.1) is 4.90 Å². The molecule has 1 N–H and O–H groups in total. The van der Waals surface area contributed by atoms with Gasteiger partial charge in [-0.15, -0.1) is 0 Å². The van der Waals surface area contributed by atoms with Crippen LogP contribution in [0.4, 0.5) is 13.2 Å². The van der Waals surface area contributed by atoms with Crippen LogP contribution in [0.15, 0.2) is 35.2 Å². The van der Waals surface area contributed by atoms with Gasteiger partial charge in [-0.05, 0) is 25.0 Å². The van der Waals surface area contributed by atoms with Crippen LogP contribution in [-0.4, -0.2) is 44.5 Å². The Bertz CT molecular complexity index is 624. The van der Waals surface area contributed by atoms with Gasteiger partial charge < -0.3 is 4.90 Å². The Balaban J connectivity index is 1.95. The third kappa shape index (κ3) is 3.98. The summed E-state index contributed by atoms with van der Waals surface area (Å²) in [5.41, 5.74) is 0. The number of alkyl halides is 3. The van der Waals surface area contributed by atoms with E-state index >= 15 is 0 Å². The van der Waals surface area contributed by atoms with Crippen LogP contribution in [0.1, 0.15) is 12.8 Å². The molecular weight excluding hydrogens is 321 g/mol. The molecule has 1 saturated heterocycles. The zero-order valence-electron chi connectivity index (χ0n) is 11.5. The van der Waals surface area contributed by atoms with E-state index in [2.05, 4.69) is 4.72 Å². The van der Waals surface area contributed by atoms with Gasteiger partial charge in [0, 0.05) is 19.1 Å². The summed E-state index contributed by atoms with van der Waals surface area (Å²) >= 11 is 0. The highest BCUT2D eigenvalue weighted by Gasteiger charge is 2.43. The zero-order valence-corrected chi connectivity index (χ0v) is 12.3. The fraction of sp³-hybridized carbons (Fsp3) is 0.462. The molecule has 1 amide bonds. The Hall–Kier alpha value is -1.61. The first kappa shape index (κ1) is 16.8. The Labute approximate surface area is 126 Å². The van der Waals surface area contributed by atoms with E-state index in [0.29, 0.717) is 4.90 Å². The fourth-order valence-electron chi connectivity index (χ4n) is 2.27. The van der Waals surface area contributed by atoms with Crippen molar-refractivity contribution < 1.29 is 26.4 Å². The number of hydrogen-bond donors (Lipinski definition) is 1. The average molecular weight is 336 g/mol. The lowest BCUT2D eigenvalue weighted by molar-refractivity contribution is -0.186. The molecular formula is C13H15F3N2O3S. The zero-order chi connectivity index (χ0) is 16.4. The van der Waals surface area contributed by atoms with Crippen LogP contribution in [0.5, 0.6) is 0 Å². The molecule has 0 spiro atoms. The topological polar surface area (TPSA) is 66.5 Å². The summed E-state index contributed by atoms with van der Waals surface area (Å²) in [5, 5.41) is 0. The number of nitrogens with zero attached hydrogens (tertiary/aromatic N) is 1. The Morgan fingerprint density at radius 3 is 2.18 bits per heavy atom. The van der Waals surface area contributed by atoms with E-state index in [1.54, 1.807) is 18.2 Å². The first-order chi connectivity index (χ1) is 10.2. The maximum Gasteiger partial charge on any atom is 0.471 e. The molecule has 1 aliphatic rings. The molecule has 0 aliphatic carbocycles. The third-order valence-electron chi connectivity index (χ3n) is 3.40. The van der Waals surface area contributed by atoms with Crippen LogP contribution in [-0.2, 0) is 14.8 Å². The van der Waals surface area contributed by atoms with Crippen molar-refractivity contribution in [2.75, 3.05) is 13.1 Å². The van der Waals surface area contributed by atoms with E-state index in [1.807, 2.05) is 0 Å². The van der Waals surface area contributed by atoms with Gasteiger partial charge in [-0.3, -0.25) is 4.79 Å². The van der Waals surface area contributed by atoms with Crippen molar-refractivity contribution in [2.24, 2.45) is 0 Å². The van der Waals surface area contributed by atoms with Crippen molar-refractivity contribution in [3.05, 3.63) is 30.3 Å². The van der Waals surface area contributed by atoms with E-state index in [-0.39, 0.29) is 30.8 Å². The SMILES string of the molecule is O=C(N1CCC(NS(=O)(=O)c2ccccc2)CC1)C(F)(F)F. The normalized spacial score (nSPS) is 17.5. The van der Waals surface area contributed by atoms with Crippen LogP contribution in [0, 0.1) is 0 Å². The fourth-order valence-corrected chi connectivity index (χ4v) is 3.59. The van der Waals surface area contributed by atoms with Crippen LogP contribution in [0.3, 0.4) is 0 Å². The maximum atomic E-state index is 12.3. The second-order valence-electron chi connectivity index (χ2n) is 5.00. The lowest BCUT2D eigenvalue weighted by Gasteiger charge is -2.32. The standard InChI is InChI=1S/C13H15F3N2O3S/c14-13(15,16)12(19)18-8-6-10(7-9-18)17-22(20,21)11-4-2-1-3-5-11/h1-5,10,17H,6-9H2. The van der Waals surface area contributed by atoms with Gasteiger partial charge in [-0.25, -0.2) is 13.1 Å². The number of amides is 1. The van der Waals surface area contributed by atoms with Gasteiger partial charge in [0.25, 0.3) is 0 Å². The molecule has 1 heterocycles. The molecule has 1 aliphatic heterocycles. The minimum absolute atomic E-state index is 0.101. The molecule has 22 heavy (non-hydrogen) atoms. The molecule has 0 radical (unpaired) electrons. The molecule has 1 aromatic carbocycles. The lowest BCUT2D eigenvalue weighted by atomic mass is 10.1. The smallest absolute Gasteiger partial charge is 0.335 e. The summed E-state index contributed by atoms with van der Waals surface area (Å²) in [6, 6.07) is 7.23. The van der Waals surface area contributed by atoms with E-state index in [9.17, 15) is 26.4 Å². The van der Waals surface area contributed by atoms with Gasteiger partial charge >= 0.3 is 12.1 Å². The Morgan fingerprint density at radius 1 is 1.14 bits per heavy atom. The highest BCUT2D eigenvalue weighted by atomic mass is 32.2. The highest BCUT2D eigenvalue weighted by molar-refractivity contribution is 7.89. The average Bonchev–Trinajstić information content (AvgIpc) is 2.47. The third-order valence-corrected chi connectivity index (χ3v) is 4.94. The second kappa shape index (κ2) is 6.25. The van der Waals surface area contributed by atoms with E-state index in [4.69, 9.17) is 0 Å². The maximum absolute atomic E-state index is 12.3. The Kier molecular flexibility index (Phi) is 4.76. The number of rotatable bonds is 3. The second-order valence-corrected chi connectivity index (χ2v) is 6.71.